The summed E-state index contributed by atoms with van der Waals surface area (Å²) in [5.74, 6) is -2.88. The molecule has 28 heavy (non-hydrogen) atoms. The van der Waals surface area contributed by atoms with Gasteiger partial charge in [-0.15, -0.1) is 0 Å². The van der Waals surface area contributed by atoms with Crippen LogP contribution >= 0.6 is 0 Å². The van der Waals surface area contributed by atoms with Gasteiger partial charge in [0.25, 0.3) is 11.8 Å². The fourth-order valence-corrected chi connectivity index (χ4v) is 2.41. The van der Waals surface area contributed by atoms with Crippen molar-refractivity contribution in [2.75, 3.05) is 10.6 Å². The van der Waals surface area contributed by atoms with Gasteiger partial charge in [-0.05, 0) is 60.7 Å². The van der Waals surface area contributed by atoms with E-state index in [1.54, 1.807) is 24.3 Å². The maximum atomic E-state index is 13.6. The lowest BCUT2D eigenvalue weighted by molar-refractivity contribution is 0.101. The highest BCUT2D eigenvalue weighted by Crippen LogP contribution is 2.19. The average Bonchev–Trinajstić information content (AvgIpc) is 2.71. The molecule has 0 fully saturated rings. The van der Waals surface area contributed by atoms with Crippen LogP contribution in [0.2, 0.25) is 0 Å². The highest BCUT2D eigenvalue weighted by Gasteiger charge is 2.14. The maximum absolute atomic E-state index is 13.6. The van der Waals surface area contributed by atoms with Gasteiger partial charge >= 0.3 is 0 Å². The van der Waals surface area contributed by atoms with E-state index in [0.29, 0.717) is 11.3 Å². The number of para-hydroxylation sites is 1. The number of nitriles is 1. The monoisotopic (exact) mass is 377 g/mol. The molecule has 0 aliphatic rings. The van der Waals surface area contributed by atoms with Crippen molar-refractivity contribution in [3.63, 3.8) is 0 Å². The number of hydrogen-bond acceptors (Lipinski definition) is 3. The standard InChI is InChI=1S/C21H13F2N3O2/c22-17-2-1-3-18(23)19(17)26-21(28)15-8-6-14(7-9-15)20(27)25-16-10-4-13(12-24)5-11-16/h1-11H,(H,25,27)(H,26,28). The van der Waals surface area contributed by atoms with E-state index in [2.05, 4.69) is 10.6 Å². The molecule has 0 saturated carbocycles. The third kappa shape index (κ3) is 4.19. The normalized spacial score (nSPS) is 10.0. The van der Waals surface area contributed by atoms with Crippen LogP contribution in [0.4, 0.5) is 20.2 Å². The third-order valence-electron chi connectivity index (χ3n) is 3.88. The number of rotatable bonds is 4. The fourth-order valence-electron chi connectivity index (χ4n) is 2.41. The van der Waals surface area contributed by atoms with Crippen molar-refractivity contribution in [1.29, 1.82) is 5.26 Å². The zero-order valence-corrected chi connectivity index (χ0v) is 14.4. The van der Waals surface area contributed by atoms with Gasteiger partial charge < -0.3 is 10.6 Å². The van der Waals surface area contributed by atoms with Crippen LogP contribution in [0.25, 0.3) is 0 Å². The van der Waals surface area contributed by atoms with E-state index < -0.39 is 29.1 Å². The largest absolute Gasteiger partial charge is 0.322 e. The molecule has 0 aromatic heterocycles. The molecule has 7 heteroatoms. The minimum absolute atomic E-state index is 0.137. The minimum Gasteiger partial charge on any atom is -0.322 e. The first-order valence-electron chi connectivity index (χ1n) is 8.15. The minimum atomic E-state index is -0.883. The number of carbonyl (C=O) groups is 2. The molecule has 0 saturated heterocycles. The molecule has 0 spiro atoms. The van der Waals surface area contributed by atoms with Crippen molar-refractivity contribution >= 4 is 23.2 Å². The second-order valence-corrected chi connectivity index (χ2v) is 5.77. The molecule has 138 valence electrons. The van der Waals surface area contributed by atoms with Crippen molar-refractivity contribution in [1.82, 2.24) is 0 Å². The van der Waals surface area contributed by atoms with E-state index in [1.165, 1.54) is 30.3 Å². The molecule has 3 rings (SSSR count). The summed E-state index contributed by atoms with van der Waals surface area (Å²) in [7, 11) is 0. The van der Waals surface area contributed by atoms with Gasteiger partial charge in [-0.2, -0.15) is 5.26 Å². The molecular weight excluding hydrogens is 364 g/mol. The lowest BCUT2D eigenvalue weighted by Gasteiger charge is -2.09. The molecule has 0 heterocycles. The number of amides is 2. The van der Waals surface area contributed by atoms with Crippen LogP contribution in [0.3, 0.4) is 0 Å². The van der Waals surface area contributed by atoms with Gasteiger partial charge in [0.05, 0.1) is 11.6 Å². The number of anilines is 2. The quantitative estimate of drug-likeness (QED) is 0.710. The Bertz CT molecular complexity index is 1050. The molecule has 2 N–H and O–H groups in total. The van der Waals surface area contributed by atoms with E-state index in [1.807, 2.05) is 6.07 Å². The molecule has 5 nitrogen and oxygen atoms in total. The van der Waals surface area contributed by atoms with Gasteiger partial charge in [0.2, 0.25) is 0 Å². The number of nitrogens with one attached hydrogen (secondary N) is 2. The van der Waals surface area contributed by atoms with Crippen LogP contribution in [-0.2, 0) is 0 Å². The number of benzene rings is 3. The number of halogens is 2. The molecule has 2 amide bonds. The molecule has 0 bridgehead atoms. The van der Waals surface area contributed by atoms with Crippen LogP contribution in [0.5, 0.6) is 0 Å². The molecular formula is C21H13F2N3O2. The van der Waals surface area contributed by atoms with Crippen LogP contribution in [0.1, 0.15) is 26.3 Å². The Balaban J connectivity index is 1.69. The Morgan fingerprint density at radius 1 is 0.750 bits per heavy atom. The highest BCUT2D eigenvalue weighted by atomic mass is 19.1. The van der Waals surface area contributed by atoms with Crippen LogP contribution in [-0.4, -0.2) is 11.8 Å². The first kappa shape index (κ1) is 18.7. The lowest BCUT2D eigenvalue weighted by Crippen LogP contribution is -2.15. The Labute approximate surface area is 159 Å². The molecule has 0 aliphatic carbocycles. The second-order valence-electron chi connectivity index (χ2n) is 5.77. The Kier molecular flexibility index (Phi) is 5.42. The van der Waals surface area contributed by atoms with Gasteiger partial charge in [-0.1, -0.05) is 6.07 Å². The summed E-state index contributed by atoms with van der Waals surface area (Å²) in [6.45, 7) is 0. The summed E-state index contributed by atoms with van der Waals surface area (Å²) in [5.41, 5.74) is 0.881. The Morgan fingerprint density at radius 3 is 1.75 bits per heavy atom. The highest BCUT2D eigenvalue weighted by molar-refractivity contribution is 6.07. The molecule has 0 radical (unpaired) electrons. The van der Waals surface area contributed by atoms with Crippen molar-refractivity contribution in [2.45, 2.75) is 0 Å². The van der Waals surface area contributed by atoms with Gasteiger partial charge in [0.15, 0.2) is 0 Å². The van der Waals surface area contributed by atoms with Gasteiger partial charge in [0, 0.05) is 16.8 Å². The van der Waals surface area contributed by atoms with Gasteiger partial charge in [-0.25, -0.2) is 8.78 Å². The number of hydrogen-bond donors (Lipinski definition) is 2. The van der Waals surface area contributed by atoms with E-state index in [4.69, 9.17) is 5.26 Å². The first-order valence-corrected chi connectivity index (χ1v) is 8.15. The fraction of sp³-hybridized carbons (Fsp3) is 0. The third-order valence-corrected chi connectivity index (χ3v) is 3.88. The molecule has 0 unspecified atom stereocenters. The molecule has 3 aromatic rings. The smallest absolute Gasteiger partial charge is 0.255 e. The zero-order chi connectivity index (χ0) is 20.1. The van der Waals surface area contributed by atoms with Crippen molar-refractivity contribution in [3.8, 4) is 6.07 Å². The van der Waals surface area contributed by atoms with E-state index in [0.717, 1.165) is 12.1 Å². The molecule has 3 aromatic carbocycles. The first-order chi connectivity index (χ1) is 13.5. The summed E-state index contributed by atoms with van der Waals surface area (Å²) < 4.78 is 27.3. The van der Waals surface area contributed by atoms with Crippen LogP contribution in [0, 0.1) is 23.0 Å². The Hall–Kier alpha value is -4.05. The van der Waals surface area contributed by atoms with Crippen LogP contribution in [0.15, 0.2) is 66.7 Å². The van der Waals surface area contributed by atoms with Gasteiger partial charge in [-0.3, -0.25) is 9.59 Å². The summed E-state index contributed by atoms with van der Waals surface area (Å²) in [4.78, 5) is 24.4. The SMILES string of the molecule is N#Cc1ccc(NC(=O)c2ccc(C(=O)Nc3c(F)cccc3F)cc2)cc1. The van der Waals surface area contributed by atoms with Crippen molar-refractivity contribution < 1.29 is 18.4 Å². The van der Waals surface area contributed by atoms with E-state index in [9.17, 15) is 18.4 Å². The predicted molar refractivity (Wildman–Crippen MR) is 99.9 cm³/mol. The summed E-state index contributed by atoms with van der Waals surface area (Å²) in [6.07, 6.45) is 0. The van der Waals surface area contributed by atoms with E-state index in [-0.39, 0.29) is 11.1 Å². The number of nitrogens with zero attached hydrogens (tertiary/aromatic N) is 1. The lowest BCUT2D eigenvalue weighted by atomic mass is 10.1. The second kappa shape index (κ2) is 8.10. The zero-order valence-electron chi connectivity index (χ0n) is 14.4. The summed E-state index contributed by atoms with van der Waals surface area (Å²) in [5, 5.41) is 13.6. The number of carbonyl (C=O) groups excluding carboxylic acids is 2. The average molecular weight is 377 g/mol. The maximum Gasteiger partial charge on any atom is 0.255 e. The molecule has 0 aliphatic heterocycles. The van der Waals surface area contributed by atoms with Crippen molar-refractivity contribution in [2.24, 2.45) is 0 Å². The topological polar surface area (TPSA) is 82.0 Å². The predicted octanol–water partition coefficient (Wildman–Crippen LogP) is 4.34. The summed E-state index contributed by atoms with van der Waals surface area (Å²) >= 11 is 0. The van der Waals surface area contributed by atoms with E-state index >= 15 is 0 Å². The molecule has 0 atom stereocenters. The van der Waals surface area contributed by atoms with Crippen molar-refractivity contribution in [3.05, 3.63) is 95.1 Å². The Morgan fingerprint density at radius 2 is 1.25 bits per heavy atom. The van der Waals surface area contributed by atoms with Gasteiger partial charge in [0.1, 0.15) is 17.3 Å². The van der Waals surface area contributed by atoms with Crippen LogP contribution < -0.4 is 10.6 Å². The summed E-state index contributed by atoms with van der Waals surface area (Å²) in [6, 6.07) is 17.2.